The van der Waals surface area contributed by atoms with Gasteiger partial charge in [-0.2, -0.15) is 0 Å². The molecule has 0 aromatic carbocycles. The van der Waals surface area contributed by atoms with Crippen LogP contribution < -0.4 is 5.32 Å². The molecule has 70 valence electrons. The Morgan fingerprint density at radius 1 is 1.25 bits per heavy atom. The summed E-state index contributed by atoms with van der Waals surface area (Å²) in [5.74, 6) is 0.904. The van der Waals surface area contributed by atoms with E-state index in [1.165, 1.54) is 25.7 Å². The second kappa shape index (κ2) is 3.35. The van der Waals surface area contributed by atoms with Gasteiger partial charge in [-0.25, -0.2) is 0 Å². The first-order valence-electron chi connectivity index (χ1n) is 5.20. The highest BCUT2D eigenvalue weighted by molar-refractivity contribution is 4.90. The molecule has 0 amide bonds. The second-order valence-electron chi connectivity index (χ2n) is 4.54. The predicted octanol–water partition coefficient (Wildman–Crippen LogP) is 1.29. The van der Waals surface area contributed by atoms with Gasteiger partial charge < -0.3 is 10.4 Å². The molecule has 0 spiro atoms. The maximum atomic E-state index is 9.56. The van der Waals surface area contributed by atoms with Gasteiger partial charge in [-0.15, -0.1) is 0 Å². The minimum absolute atomic E-state index is 0.0686. The Bertz CT molecular complexity index is 154. The van der Waals surface area contributed by atoms with Gasteiger partial charge in [0.05, 0.1) is 6.10 Å². The Balaban J connectivity index is 1.72. The fourth-order valence-corrected chi connectivity index (χ4v) is 2.48. The Labute approximate surface area is 74.4 Å². The Morgan fingerprint density at radius 3 is 2.50 bits per heavy atom. The van der Waals surface area contributed by atoms with Gasteiger partial charge >= 0.3 is 0 Å². The lowest BCUT2D eigenvalue weighted by Gasteiger charge is -2.36. The fourth-order valence-electron chi connectivity index (χ4n) is 2.48. The Morgan fingerprint density at radius 2 is 2.00 bits per heavy atom. The Kier molecular flexibility index (Phi) is 2.37. The molecule has 2 heteroatoms. The molecule has 2 saturated carbocycles. The first kappa shape index (κ1) is 8.52. The van der Waals surface area contributed by atoms with Crippen molar-refractivity contribution < 1.29 is 5.11 Å². The van der Waals surface area contributed by atoms with E-state index in [1.54, 1.807) is 0 Å². The molecule has 2 fully saturated rings. The first-order valence-corrected chi connectivity index (χ1v) is 5.20. The van der Waals surface area contributed by atoms with Crippen LogP contribution in [0.5, 0.6) is 0 Å². The summed E-state index contributed by atoms with van der Waals surface area (Å²) in [5.41, 5.74) is 0. The maximum Gasteiger partial charge on any atom is 0.0693 e. The van der Waals surface area contributed by atoms with E-state index in [9.17, 15) is 5.11 Å². The summed E-state index contributed by atoms with van der Waals surface area (Å²) in [6, 6.07) is 1.11. The van der Waals surface area contributed by atoms with Crippen molar-refractivity contribution in [3.05, 3.63) is 0 Å². The topological polar surface area (TPSA) is 32.3 Å². The van der Waals surface area contributed by atoms with Gasteiger partial charge in [0.1, 0.15) is 0 Å². The van der Waals surface area contributed by atoms with Crippen molar-refractivity contribution in [2.75, 3.05) is 0 Å². The van der Waals surface area contributed by atoms with Crippen LogP contribution in [-0.2, 0) is 0 Å². The van der Waals surface area contributed by atoms with Crippen LogP contribution in [0.25, 0.3) is 0 Å². The summed E-state index contributed by atoms with van der Waals surface area (Å²) >= 11 is 0. The minimum atomic E-state index is -0.0686. The number of hydrogen-bond donors (Lipinski definition) is 2. The van der Waals surface area contributed by atoms with Crippen LogP contribution in [0.2, 0.25) is 0 Å². The van der Waals surface area contributed by atoms with Crippen LogP contribution in [0.4, 0.5) is 0 Å². The molecule has 12 heavy (non-hydrogen) atoms. The summed E-state index contributed by atoms with van der Waals surface area (Å²) in [4.78, 5) is 0. The highest BCUT2D eigenvalue weighted by Crippen LogP contribution is 2.29. The minimum Gasteiger partial charge on any atom is -0.392 e. The smallest absolute Gasteiger partial charge is 0.0693 e. The van der Waals surface area contributed by atoms with Crippen LogP contribution in [0.3, 0.4) is 0 Å². The molecular formula is C10H19NO. The van der Waals surface area contributed by atoms with Crippen LogP contribution in [0.15, 0.2) is 0 Å². The van der Waals surface area contributed by atoms with Gasteiger partial charge in [0.2, 0.25) is 0 Å². The molecule has 0 saturated heterocycles. The normalized spacial score (nSPS) is 47.5. The van der Waals surface area contributed by atoms with Crippen molar-refractivity contribution in [2.24, 2.45) is 5.92 Å². The molecule has 2 aliphatic rings. The number of aliphatic hydroxyl groups is 1. The summed E-state index contributed by atoms with van der Waals surface area (Å²) < 4.78 is 0. The van der Waals surface area contributed by atoms with E-state index in [-0.39, 0.29) is 6.10 Å². The van der Waals surface area contributed by atoms with Crippen LogP contribution in [0, 0.1) is 5.92 Å². The average molecular weight is 169 g/mol. The number of nitrogens with one attached hydrogen (secondary N) is 1. The molecule has 0 aromatic rings. The molecule has 0 heterocycles. The molecule has 0 bridgehead atoms. The molecule has 0 unspecified atom stereocenters. The van der Waals surface area contributed by atoms with Gasteiger partial charge in [-0.1, -0.05) is 6.92 Å². The molecule has 0 radical (unpaired) electrons. The lowest BCUT2D eigenvalue weighted by molar-refractivity contribution is 0.122. The predicted molar refractivity (Wildman–Crippen MR) is 49.0 cm³/mol. The van der Waals surface area contributed by atoms with Crippen molar-refractivity contribution in [3.63, 3.8) is 0 Å². The van der Waals surface area contributed by atoms with E-state index in [1.807, 2.05) is 0 Å². The standard InChI is InChI=1S/C10H19NO/c1-7-5-8(6-7)11-9-3-2-4-10(9)12/h7-12H,2-6H2,1H3/t7?,8?,9-,10-/m0/s1. The molecular weight excluding hydrogens is 150 g/mol. The van der Waals surface area contributed by atoms with E-state index >= 15 is 0 Å². The molecule has 0 aliphatic heterocycles. The summed E-state index contributed by atoms with van der Waals surface area (Å²) in [6.45, 7) is 2.29. The average Bonchev–Trinajstić information content (AvgIpc) is 2.33. The van der Waals surface area contributed by atoms with Crippen molar-refractivity contribution in [2.45, 2.75) is 57.2 Å². The highest BCUT2D eigenvalue weighted by atomic mass is 16.3. The van der Waals surface area contributed by atoms with Crippen LogP contribution in [-0.4, -0.2) is 23.3 Å². The van der Waals surface area contributed by atoms with E-state index in [0.717, 1.165) is 12.3 Å². The molecule has 0 aromatic heterocycles. The van der Waals surface area contributed by atoms with Gasteiger partial charge in [0.25, 0.3) is 0 Å². The van der Waals surface area contributed by atoms with Gasteiger partial charge in [0, 0.05) is 12.1 Å². The van der Waals surface area contributed by atoms with Crippen LogP contribution in [0.1, 0.15) is 39.0 Å². The van der Waals surface area contributed by atoms with E-state index in [2.05, 4.69) is 12.2 Å². The van der Waals surface area contributed by atoms with Gasteiger partial charge in [-0.3, -0.25) is 0 Å². The van der Waals surface area contributed by atoms with Gasteiger partial charge in [-0.05, 0) is 38.0 Å². The number of aliphatic hydroxyl groups excluding tert-OH is 1. The molecule has 2 nitrogen and oxygen atoms in total. The third-order valence-electron chi connectivity index (χ3n) is 3.30. The van der Waals surface area contributed by atoms with Crippen molar-refractivity contribution in [3.8, 4) is 0 Å². The third kappa shape index (κ3) is 1.64. The fraction of sp³-hybridized carbons (Fsp3) is 1.00. The third-order valence-corrected chi connectivity index (χ3v) is 3.30. The Hall–Kier alpha value is -0.0800. The largest absolute Gasteiger partial charge is 0.392 e. The molecule has 2 rings (SSSR count). The zero-order valence-corrected chi connectivity index (χ0v) is 7.79. The van der Waals surface area contributed by atoms with Crippen LogP contribution >= 0.6 is 0 Å². The quantitative estimate of drug-likeness (QED) is 0.653. The number of hydrogen-bond acceptors (Lipinski definition) is 2. The summed E-state index contributed by atoms with van der Waals surface area (Å²) in [5, 5.41) is 13.1. The van der Waals surface area contributed by atoms with Crippen molar-refractivity contribution in [1.82, 2.24) is 5.32 Å². The zero-order valence-electron chi connectivity index (χ0n) is 7.79. The molecule has 2 aliphatic carbocycles. The van der Waals surface area contributed by atoms with Gasteiger partial charge in [0.15, 0.2) is 0 Å². The lowest BCUT2D eigenvalue weighted by Crippen LogP contribution is -2.48. The second-order valence-corrected chi connectivity index (χ2v) is 4.54. The highest BCUT2D eigenvalue weighted by Gasteiger charge is 2.31. The SMILES string of the molecule is CC1CC(N[C@H]2CCC[C@@H]2O)C1. The maximum absolute atomic E-state index is 9.56. The first-order chi connectivity index (χ1) is 5.75. The molecule has 2 N–H and O–H groups in total. The van der Waals surface area contributed by atoms with E-state index < -0.39 is 0 Å². The summed E-state index contributed by atoms with van der Waals surface area (Å²) in [6.07, 6.45) is 5.92. The lowest BCUT2D eigenvalue weighted by atomic mass is 9.81. The van der Waals surface area contributed by atoms with Crippen molar-refractivity contribution in [1.29, 1.82) is 0 Å². The zero-order chi connectivity index (χ0) is 8.55. The monoisotopic (exact) mass is 169 g/mol. The molecule has 2 atom stereocenters. The summed E-state index contributed by atoms with van der Waals surface area (Å²) in [7, 11) is 0. The van der Waals surface area contributed by atoms with E-state index in [4.69, 9.17) is 0 Å². The van der Waals surface area contributed by atoms with Crippen molar-refractivity contribution >= 4 is 0 Å². The number of rotatable bonds is 2. The van der Waals surface area contributed by atoms with E-state index in [0.29, 0.717) is 12.1 Å².